The highest BCUT2D eigenvalue weighted by atomic mass is 35.5. The van der Waals surface area contributed by atoms with E-state index >= 15 is 0 Å². The Balaban J connectivity index is 2.14. The maximum absolute atomic E-state index is 11.7. The number of aromatic nitrogens is 2. The molecule has 0 aromatic carbocycles. The molecule has 0 saturated carbocycles. The van der Waals surface area contributed by atoms with E-state index in [1.807, 2.05) is 0 Å². The molecule has 2 heterocycles. The molecular weight excluding hydrogens is 258 g/mol. The van der Waals surface area contributed by atoms with Crippen molar-refractivity contribution in [3.63, 3.8) is 0 Å². The summed E-state index contributed by atoms with van der Waals surface area (Å²) in [6.07, 6.45) is 3.01. The number of aliphatic hydroxyl groups excluding tert-OH is 1. The lowest BCUT2D eigenvalue weighted by Gasteiger charge is -2.08. The van der Waals surface area contributed by atoms with Gasteiger partial charge in [-0.2, -0.15) is 5.10 Å². The largest absolute Gasteiger partial charge is 0.467 e. The lowest BCUT2D eigenvalue weighted by molar-refractivity contribution is 0.266. The summed E-state index contributed by atoms with van der Waals surface area (Å²) < 4.78 is 6.26. The van der Waals surface area contributed by atoms with Crippen LogP contribution in [0.1, 0.15) is 5.76 Å². The Hall–Kier alpha value is -1.79. The summed E-state index contributed by atoms with van der Waals surface area (Å²) in [4.78, 5) is 11.7. The minimum absolute atomic E-state index is 0.0463. The Morgan fingerprint density at radius 1 is 1.56 bits per heavy atom. The third-order valence-electron chi connectivity index (χ3n) is 2.33. The number of furan rings is 1. The smallest absolute Gasteiger partial charge is 0.287 e. The van der Waals surface area contributed by atoms with Crippen LogP contribution in [0.4, 0.5) is 5.69 Å². The number of nitrogens with one attached hydrogen (secondary N) is 1. The van der Waals surface area contributed by atoms with Gasteiger partial charge < -0.3 is 14.8 Å². The van der Waals surface area contributed by atoms with Crippen LogP contribution in [0, 0.1) is 0 Å². The molecule has 0 fully saturated rings. The second-order valence-corrected chi connectivity index (χ2v) is 3.94. The van der Waals surface area contributed by atoms with Gasteiger partial charge in [0.15, 0.2) is 0 Å². The van der Waals surface area contributed by atoms with Crippen molar-refractivity contribution in [1.29, 1.82) is 0 Å². The van der Waals surface area contributed by atoms with E-state index in [0.29, 0.717) is 12.2 Å². The molecule has 0 saturated heterocycles. The Morgan fingerprint density at radius 3 is 3.06 bits per heavy atom. The molecule has 0 radical (unpaired) electrons. The summed E-state index contributed by atoms with van der Waals surface area (Å²) in [6.45, 7) is 0.372. The van der Waals surface area contributed by atoms with Gasteiger partial charge in [0.1, 0.15) is 10.8 Å². The van der Waals surface area contributed by atoms with Gasteiger partial charge in [-0.15, -0.1) is 0 Å². The van der Waals surface area contributed by atoms with E-state index in [9.17, 15) is 4.79 Å². The number of anilines is 1. The van der Waals surface area contributed by atoms with E-state index in [4.69, 9.17) is 21.1 Å². The van der Waals surface area contributed by atoms with Crippen LogP contribution < -0.4 is 10.9 Å². The van der Waals surface area contributed by atoms with Crippen molar-refractivity contribution < 1.29 is 9.52 Å². The molecule has 0 aliphatic carbocycles. The zero-order valence-electron chi connectivity index (χ0n) is 9.47. The number of rotatable bonds is 5. The van der Waals surface area contributed by atoms with Gasteiger partial charge in [-0.25, -0.2) is 4.68 Å². The predicted molar refractivity (Wildman–Crippen MR) is 66.6 cm³/mol. The minimum Gasteiger partial charge on any atom is -0.467 e. The van der Waals surface area contributed by atoms with Crippen LogP contribution in [-0.4, -0.2) is 21.5 Å². The highest BCUT2D eigenvalue weighted by Crippen LogP contribution is 2.16. The number of aliphatic hydroxyl groups is 1. The minimum atomic E-state index is -0.435. The SMILES string of the molecule is O=c1c(Cl)c(NCc2ccco2)cnn1CCO. The first-order valence-corrected chi connectivity index (χ1v) is 5.73. The van der Waals surface area contributed by atoms with Gasteiger partial charge in [0.05, 0.1) is 37.8 Å². The van der Waals surface area contributed by atoms with E-state index in [1.165, 1.54) is 6.20 Å². The van der Waals surface area contributed by atoms with Gasteiger partial charge in [0.25, 0.3) is 5.56 Å². The van der Waals surface area contributed by atoms with Crippen LogP contribution in [0.15, 0.2) is 33.8 Å². The Morgan fingerprint density at radius 2 is 2.39 bits per heavy atom. The normalized spacial score (nSPS) is 10.6. The summed E-state index contributed by atoms with van der Waals surface area (Å²) in [5.74, 6) is 0.727. The molecule has 0 unspecified atom stereocenters. The first kappa shape index (κ1) is 12.7. The zero-order chi connectivity index (χ0) is 13.0. The van der Waals surface area contributed by atoms with E-state index in [1.54, 1.807) is 18.4 Å². The molecule has 96 valence electrons. The van der Waals surface area contributed by atoms with Gasteiger partial charge in [-0.05, 0) is 12.1 Å². The fourth-order valence-corrected chi connectivity index (χ4v) is 1.65. The van der Waals surface area contributed by atoms with Crippen molar-refractivity contribution >= 4 is 17.3 Å². The third-order valence-corrected chi connectivity index (χ3v) is 2.70. The van der Waals surface area contributed by atoms with Crippen LogP contribution >= 0.6 is 11.6 Å². The number of hydrogen-bond donors (Lipinski definition) is 2. The molecule has 0 amide bonds. The first-order chi connectivity index (χ1) is 8.72. The van der Waals surface area contributed by atoms with E-state index < -0.39 is 5.56 Å². The maximum Gasteiger partial charge on any atom is 0.287 e. The van der Waals surface area contributed by atoms with Crippen molar-refractivity contribution in [1.82, 2.24) is 9.78 Å². The lowest BCUT2D eigenvalue weighted by atomic mass is 10.4. The highest BCUT2D eigenvalue weighted by Gasteiger charge is 2.09. The fraction of sp³-hybridized carbons (Fsp3) is 0.273. The molecule has 2 N–H and O–H groups in total. The molecule has 0 spiro atoms. The summed E-state index contributed by atoms with van der Waals surface area (Å²) >= 11 is 5.93. The van der Waals surface area contributed by atoms with Crippen molar-refractivity contribution in [2.24, 2.45) is 0 Å². The average molecular weight is 270 g/mol. The van der Waals surface area contributed by atoms with Gasteiger partial charge in [0.2, 0.25) is 0 Å². The van der Waals surface area contributed by atoms with E-state index in [0.717, 1.165) is 10.4 Å². The second-order valence-electron chi connectivity index (χ2n) is 3.56. The Kier molecular flexibility index (Phi) is 4.01. The Bertz CT molecular complexity index is 565. The molecule has 2 aromatic rings. The van der Waals surface area contributed by atoms with E-state index in [-0.39, 0.29) is 18.2 Å². The molecule has 0 aliphatic heterocycles. The van der Waals surface area contributed by atoms with E-state index in [2.05, 4.69) is 10.4 Å². The molecule has 0 atom stereocenters. The van der Waals surface area contributed by atoms with Crippen LogP contribution in [0.3, 0.4) is 0 Å². The average Bonchev–Trinajstić information content (AvgIpc) is 2.87. The zero-order valence-corrected chi connectivity index (χ0v) is 10.2. The molecule has 18 heavy (non-hydrogen) atoms. The number of halogens is 1. The van der Waals surface area contributed by atoms with Crippen molar-refractivity contribution in [3.8, 4) is 0 Å². The number of hydrogen-bond acceptors (Lipinski definition) is 5. The predicted octanol–water partition coefficient (Wildman–Crippen LogP) is 1.09. The summed E-state index contributed by atoms with van der Waals surface area (Å²) in [5.41, 5.74) is 0.00224. The monoisotopic (exact) mass is 269 g/mol. The molecule has 0 aliphatic rings. The summed E-state index contributed by atoms with van der Waals surface area (Å²) in [6, 6.07) is 3.58. The molecular formula is C11H12ClN3O3. The quantitative estimate of drug-likeness (QED) is 0.849. The first-order valence-electron chi connectivity index (χ1n) is 5.35. The van der Waals surface area contributed by atoms with Gasteiger partial charge in [0, 0.05) is 0 Å². The van der Waals surface area contributed by atoms with Crippen LogP contribution in [0.5, 0.6) is 0 Å². The topological polar surface area (TPSA) is 80.3 Å². The van der Waals surface area contributed by atoms with Gasteiger partial charge in [-0.1, -0.05) is 11.6 Å². The number of nitrogens with zero attached hydrogens (tertiary/aromatic N) is 2. The Labute approximate surface area is 108 Å². The molecule has 6 nitrogen and oxygen atoms in total. The lowest BCUT2D eigenvalue weighted by Crippen LogP contribution is -2.25. The summed E-state index contributed by atoms with van der Waals surface area (Å²) in [7, 11) is 0. The summed E-state index contributed by atoms with van der Waals surface area (Å²) in [5, 5.41) is 15.7. The highest BCUT2D eigenvalue weighted by molar-refractivity contribution is 6.32. The van der Waals surface area contributed by atoms with Crippen molar-refractivity contribution in [2.75, 3.05) is 11.9 Å². The van der Waals surface area contributed by atoms with Crippen LogP contribution in [-0.2, 0) is 13.1 Å². The van der Waals surface area contributed by atoms with Gasteiger partial charge >= 0.3 is 0 Å². The second kappa shape index (κ2) is 5.70. The van der Waals surface area contributed by atoms with Crippen molar-refractivity contribution in [3.05, 3.63) is 45.7 Å². The molecule has 2 rings (SSSR count). The van der Waals surface area contributed by atoms with Crippen LogP contribution in [0.2, 0.25) is 5.02 Å². The van der Waals surface area contributed by atoms with Crippen molar-refractivity contribution in [2.45, 2.75) is 13.1 Å². The standard InChI is InChI=1S/C11H12ClN3O3/c12-10-9(13-6-8-2-1-5-18-8)7-14-15(3-4-16)11(10)17/h1-2,5,7,13,16H,3-4,6H2. The molecule has 2 aromatic heterocycles. The molecule has 0 bridgehead atoms. The van der Waals surface area contributed by atoms with Gasteiger partial charge in [-0.3, -0.25) is 4.79 Å². The van der Waals surface area contributed by atoms with Crippen LogP contribution in [0.25, 0.3) is 0 Å². The third kappa shape index (κ3) is 2.72. The molecule has 7 heteroatoms. The fourth-order valence-electron chi connectivity index (χ4n) is 1.44. The maximum atomic E-state index is 11.7.